The molecule has 137 heavy (non-hydrogen) atoms. The average Bonchev–Trinajstić information content (AvgIpc) is 0.804. The normalized spacial score (nSPS) is 11.3. The second-order valence-electron chi connectivity index (χ2n) is 32.5. The predicted octanol–water partition coefficient (Wildman–Crippen LogP) is 18.4. The summed E-state index contributed by atoms with van der Waals surface area (Å²) in [6.45, 7) is 7.68. The molecule has 0 aliphatic heterocycles. The zero-order valence-electron chi connectivity index (χ0n) is 76.1. The molecule has 0 spiro atoms. The summed E-state index contributed by atoms with van der Waals surface area (Å²) in [4.78, 5) is 103. The van der Waals surface area contributed by atoms with Crippen LogP contribution in [0.4, 0.5) is 17.1 Å². The molecule has 27 nitrogen and oxygen atoms in total. The number of amides is 3. The number of likely N-dealkylation sites (N-methyl/N-ethyl adjacent to an activating group) is 3. The van der Waals surface area contributed by atoms with E-state index in [-0.39, 0.29) is 73.9 Å². The zero-order chi connectivity index (χ0) is 98.9. The summed E-state index contributed by atoms with van der Waals surface area (Å²) in [6, 6.07) is 91.5. The van der Waals surface area contributed by atoms with E-state index in [1.165, 1.54) is 140 Å². The highest BCUT2D eigenvalue weighted by atomic mass is 32.2. The summed E-state index contributed by atoms with van der Waals surface area (Å²) in [5.41, 5.74) is 16.4. The van der Waals surface area contributed by atoms with E-state index in [9.17, 15) is 94.2 Å². The van der Waals surface area contributed by atoms with Gasteiger partial charge in [-0.25, -0.2) is 44.4 Å². The molecule has 0 atom stereocenters. The third-order valence-corrected chi connectivity index (χ3v) is 28.1. The van der Waals surface area contributed by atoms with Crippen LogP contribution < -0.4 is 14.7 Å². The number of aryl methyl sites for hydroxylation is 4. The summed E-state index contributed by atoms with van der Waals surface area (Å²) in [5.74, 6) is -7.72. The fourth-order valence-electron chi connectivity index (χ4n) is 14.6. The van der Waals surface area contributed by atoms with Gasteiger partial charge in [0.25, 0.3) is 0 Å². The first-order valence-electron chi connectivity index (χ1n) is 42.7. The summed E-state index contributed by atoms with van der Waals surface area (Å²) in [5, 5.41) is 59.1. The van der Waals surface area contributed by atoms with Crippen molar-refractivity contribution in [2.75, 3.05) is 62.6 Å². The van der Waals surface area contributed by atoms with Crippen molar-refractivity contribution in [3.63, 3.8) is 0 Å². The Kier molecular flexibility index (Phi) is 32.1. The van der Waals surface area contributed by atoms with Gasteiger partial charge in [0.1, 0.15) is 33.9 Å². The smallest absolute Gasteiger partial charge is 0.339 e. The molecule has 0 unspecified atom stereocenters. The summed E-state index contributed by atoms with van der Waals surface area (Å²) >= 11 is 0. The Hall–Kier alpha value is -15.8. The summed E-state index contributed by atoms with van der Waals surface area (Å²) < 4.78 is 86.8. The zero-order valence-corrected chi connectivity index (χ0v) is 78.5. The van der Waals surface area contributed by atoms with Crippen molar-refractivity contribution in [1.29, 1.82) is 0 Å². The number of nitrogens with zero attached hydrogens (tertiary/aromatic N) is 6. The Balaban J connectivity index is 0.000000185. The lowest BCUT2D eigenvalue weighted by Crippen LogP contribution is -2.41. The van der Waals surface area contributed by atoms with Gasteiger partial charge in [-0.1, -0.05) is 241 Å². The van der Waals surface area contributed by atoms with E-state index in [4.69, 9.17) is 4.74 Å². The second-order valence-corrected chi connectivity index (χ2v) is 38.6. The van der Waals surface area contributed by atoms with Gasteiger partial charge in [-0.2, -0.15) is 12.9 Å². The third-order valence-electron chi connectivity index (χ3n) is 22.7. The third kappa shape index (κ3) is 25.0. The van der Waals surface area contributed by atoms with Crippen LogP contribution in [0.5, 0.6) is 17.2 Å². The molecule has 0 aliphatic rings. The highest BCUT2D eigenvalue weighted by molar-refractivity contribution is 7.89. The fourth-order valence-corrected chi connectivity index (χ4v) is 17.9. The van der Waals surface area contributed by atoms with E-state index in [1.54, 1.807) is 78.9 Å². The van der Waals surface area contributed by atoms with E-state index in [2.05, 4.69) is 55.5 Å². The molecule has 0 bridgehead atoms. The number of carbonyl (C=O) groups is 8. The Labute approximate surface area is 794 Å². The van der Waals surface area contributed by atoms with Gasteiger partial charge in [0.05, 0.1) is 66.6 Å². The molecule has 0 saturated carbocycles. The van der Waals surface area contributed by atoms with Crippen molar-refractivity contribution in [1.82, 2.24) is 12.9 Å². The molecule has 0 fully saturated rings. The number of sulfonamides is 3. The number of methoxy groups -OCH3 is 1. The molecule has 700 valence electrons. The summed E-state index contributed by atoms with van der Waals surface area (Å²) in [6.07, 6.45) is 0. The number of ether oxygens (including phenoxy) is 1. The predicted molar refractivity (Wildman–Crippen MR) is 524 cm³/mol. The molecule has 14 aromatic rings. The molecule has 0 heterocycles. The Morgan fingerprint density at radius 2 is 0.518 bits per heavy atom. The van der Waals surface area contributed by atoms with Gasteiger partial charge in [-0.3, -0.25) is 19.2 Å². The van der Waals surface area contributed by atoms with E-state index < -0.39 is 109 Å². The maximum Gasteiger partial charge on any atom is 0.339 e. The molecular weight excluding hydrogens is 1800 g/mol. The Morgan fingerprint density at radius 1 is 0.285 bits per heavy atom. The van der Waals surface area contributed by atoms with Gasteiger partial charge in [0.2, 0.25) is 47.8 Å². The lowest BCUT2D eigenvalue weighted by atomic mass is 9.98. The van der Waals surface area contributed by atoms with Crippen molar-refractivity contribution in [2.45, 2.75) is 68.9 Å². The number of carbonyl (C=O) groups excluding carboxylic acids is 5. The largest absolute Gasteiger partial charge is 0.507 e. The van der Waals surface area contributed by atoms with Gasteiger partial charge in [-0.15, -0.1) is 0 Å². The van der Waals surface area contributed by atoms with Crippen molar-refractivity contribution in [3.8, 4) is 72.9 Å². The number of Topliss-reactive ketones (excluding diaryl/α,β-unsaturated/α-hetero) is 1. The number of benzene rings is 14. The number of esters is 1. The van der Waals surface area contributed by atoms with Crippen LogP contribution >= 0.6 is 0 Å². The Bertz CT molecular complexity index is 7180. The topological polar surface area (TPSA) is 389 Å². The van der Waals surface area contributed by atoms with Crippen LogP contribution in [0.3, 0.4) is 0 Å². The van der Waals surface area contributed by atoms with Gasteiger partial charge in [0, 0.05) is 62.0 Å². The van der Waals surface area contributed by atoms with Crippen LogP contribution in [0.1, 0.15) is 97.7 Å². The number of ketones is 1. The number of anilines is 3. The molecule has 0 aromatic heterocycles. The number of phenols is 3. The molecule has 3 amide bonds. The van der Waals surface area contributed by atoms with Crippen molar-refractivity contribution >= 4 is 94.5 Å². The molecule has 30 heteroatoms. The SMILES string of the molecule is CC(=O)c1ccc(-c2ccc(-c3ccc(CN(C(=O)CN(C)S(=O)(=O)c4ccc(C)cc4)c4ccc(C(=O)O)c(O)c4)cc3)cc2)cc1.COC(=O)c1cccc(-c2ccc(CN(C(=O)CN(C)S(=O)(=O)c3ccc(C)cc3)c3ccc(C(=O)O)c(O)c3)cc2)c1.Cc1ccc(-c2ccc(-c3ccc(CN(C(=O)CN(C)S(=O)(=O)c4ccc(C)cc4)c4ccc(C(=O)O)c(O)c4)cc3)cc2)cc1. The van der Waals surface area contributed by atoms with Gasteiger partial charge in [-0.05, 0) is 192 Å². The van der Waals surface area contributed by atoms with Crippen LogP contribution in [0.2, 0.25) is 0 Å². The minimum atomic E-state index is -3.99. The van der Waals surface area contributed by atoms with Crippen molar-refractivity contribution in [2.24, 2.45) is 0 Å². The number of carboxylic acids is 3. The second kappa shape index (κ2) is 43.9. The molecule has 6 N–H and O–H groups in total. The van der Waals surface area contributed by atoms with Crippen LogP contribution in [0.15, 0.2) is 336 Å². The van der Waals surface area contributed by atoms with Crippen molar-refractivity contribution < 1.29 is 99.0 Å². The Morgan fingerprint density at radius 3 is 0.759 bits per heavy atom. The van der Waals surface area contributed by atoms with E-state index >= 15 is 0 Å². The first kappa shape index (κ1) is 100. The highest BCUT2D eigenvalue weighted by Gasteiger charge is 2.32. The average molecular weight is 1900 g/mol. The number of rotatable bonds is 31. The molecule has 14 rings (SSSR count). The highest BCUT2D eigenvalue weighted by Crippen LogP contribution is 2.35. The molecular formula is C107H98N6O21S3. The van der Waals surface area contributed by atoms with E-state index in [0.29, 0.717) is 16.7 Å². The first-order valence-corrected chi connectivity index (χ1v) is 47.0. The molecule has 0 aliphatic carbocycles. The van der Waals surface area contributed by atoms with Crippen LogP contribution in [-0.4, -0.2) is 164 Å². The standard InChI is InChI=1S/C38H34N2O7S.C37H34N2O6S.C32H30N2O8S/c1-25-4-19-34(20-5-25)48(46,47)39(3)24-37(43)40(33-18-21-35(38(44)45)36(42)22-33)23-27-6-8-29(9-7-27)31-14-16-32(17-15-31)30-12-10-28(11-13-30)26(2)41;1-25-4-10-28(11-5-25)30-14-16-31(17-15-30)29-12-8-27(9-13-29)23-39(32-18-21-34(37(42)43)35(40)22-32)36(41)24-38(3)46(44,45)33-19-6-26(2)7-20-33;1-21-7-14-27(15-8-21)43(40,41)33(2)20-30(36)34(26-13-16-28(31(37)38)29(35)18-26)19-22-9-11-23(12-10-22)24-5-4-6-25(17-24)32(39)42-3/h4-22,42H,23-24H2,1-3H3,(H,44,45);4-22,40H,23-24H2,1-3H3,(H,42,43);4-18,35H,19-20H2,1-3H3,(H,37,38). The number of aromatic hydroxyl groups is 3. The minimum absolute atomic E-state index is 0.00834. The van der Waals surface area contributed by atoms with Crippen LogP contribution in [-0.2, 0) is 68.8 Å². The maximum absolute atomic E-state index is 13.7. The lowest BCUT2D eigenvalue weighted by Gasteiger charge is -2.26. The molecule has 0 radical (unpaired) electrons. The van der Waals surface area contributed by atoms with Crippen LogP contribution in [0.25, 0.3) is 55.6 Å². The van der Waals surface area contributed by atoms with Gasteiger partial charge < -0.3 is 50.1 Å². The number of carboxylic acid groups (broad SMARTS) is 3. The number of aromatic carboxylic acids is 3. The first-order chi connectivity index (χ1) is 65.1. The number of hydrogen-bond donors (Lipinski definition) is 6. The number of hydrogen-bond acceptors (Lipinski definition) is 18. The minimum Gasteiger partial charge on any atom is -0.507 e. The monoisotopic (exact) mass is 1900 g/mol. The molecule has 14 aromatic carbocycles. The van der Waals surface area contributed by atoms with Gasteiger partial charge >= 0.3 is 23.9 Å². The lowest BCUT2D eigenvalue weighted by molar-refractivity contribution is -0.119. The maximum atomic E-state index is 13.7. The van der Waals surface area contributed by atoms with E-state index in [1.807, 2.05) is 124 Å². The van der Waals surface area contributed by atoms with E-state index in [0.717, 1.165) is 102 Å². The van der Waals surface area contributed by atoms with Gasteiger partial charge in [0.15, 0.2) is 5.78 Å². The van der Waals surface area contributed by atoms with Crippen molar-refractivity contribution in [3.05, 3.63) is 388 Å². The summed E-state index contributed by atoms with van der Waals surface area (Å²) in [7, 11) is -6.68. The fraction of sp³-hybridized carbons (Fsp3) is 0.140. The quantitative estimate of drug-likeness (QED) is 0.0174. The molecule has 0 saturated heterocycles. The van der Waals surface area contributed by atoms with Crippen LogP contribution in [0, 0.1) is 27.7 Å².